The number of rotatable bonds is 7. The van der Waals surface area contributed by atoms with Gasteiger partial charge in [0.2, 0.25) is 0 Å². The SMILES string of the molecule is COCCN(C)Cc1ccc(NC=C2C(=O)NC(=O)c3ccccc32)cc1. The molecular weight excluding hydrogens is 342 g/mol. The van der Waals surface area contributed by atoms with Crippen molar-refractivity contribution >= 4 is 23.1 Å². The number of fused-ring (bicyclic) bond motifs is 1. The van der Waals surface area contributed by atoms with Gasteiger partial charge < -0.3 is 10.1 Å². The third-order valence-electron chi connectivity index (χ3n) is 4.40. The van der Waals surface area contributed by atoms with Gasteiger partial charge in [0.1, 0.15) is 0 Å². The standard InChI is InChI=1S/C21H23N3O3/c1-24(11-12-27-2)14-15-7-9-16(10-8-15)22-13-19-17-5-3-4-6-18(17)20(25)23-21(19)26/h3-10,13,22H,11-12,14H2,1-2H3,(H,23,25,26). The van der Waals surface area contributed by atoms with E-state index >= 15 is 0 Å². The van der Waals surface area contributed by atoms with Gasteiger partial charge in [0, 0.05) is 43.2 Å². The molecule has 0 unspecified atom stereocenters. The van der Waals surface area contributed by atoms with Crippen LogP contribution in [0.25, 0.3) is 5.57 Å². The number of benzene rings is 2. The lowest BCUT2D eigenvalue weighted by Gasteiger charge is -2.18. The van der Waals surface area contributed by atoms with Crippen molar-refractivity contribution in [1.29, 1.82) is 0 Å². The molecule has 6 nitrogen and oxygen atoms in total. The van der Waals surface area contributed by atoms with Gasteiger partial charge in [0.25, 0.3) is 11.8 Å². The molecule has 0 spiro atoms. The molecule has 0 atom stereocenters. The van der Waals surface area contributed by atoms with E-state index in [-0.39, 0.29) is 5.91 Å². The van der Waals surface area contributed by atoms with Crippen LogP contribution in [0.2, 0.25) is 0 Å². The Kier molecular flexibility index (Phi) is 6.01. The number of carbonyl (C=O) groups is 2. The number of hydrogen-bond acceptors (Lipinski definition) is 5. The summed E-state index contributed by atoms with van der Waals surface area (Å²) >= 11 is 0. The third-order valence-corrected chi connectivity index (χ3v) is 4.40. The maximum Gasteiger partial charge on any atom is 0.260 e. The quantitative estimate of drug-likeness (QED) is 0.583. The van der Waals surface area contributed by atoms with Gasteiger partial charge in [-0.25, -0.2) is 0 Å². The van der Waals surface area contributed by atoms with Crippen LogP contribution < -0.4 is 10.6 Å². The lowest BCUT2D eigenvalue weighted by atomic mass is 9.96. The van der Waals surface area contributed by atoms with Crippen LogP contribution in [0.4, 0.5) is 5.69 Å². The van der Waals surface area contributed by atoms with Gasteiger partial charge in [0.15, 0.2) is 0 Å². The number of ether oxygens (including phenoxy) is 1. The number of likely N-dealkylation sites (N-methyl/N-ethyl adjacent to an activating group) is 1. The monoisotopic (exact) mass is 365 g/mol. The molecular formula is C21H23N3O3. The average Bonchev–Trinajstić information content (AvgIpc) is 2.67. The largest absolute Gasteiger partial charge is 0.383 e. The lowest BCUT2D eigenvalue weighted by molar-refractivity contribution is -0.114. The molecule has 2 amide bonds. The number of imide groups is 1. The summed E-state index contributed by atoms with van der Waals surface area (Å²) in [5.41, 5.74) is 3.63. The Morgan fingerprint density at radius 2 is 1.74 bits per heavy atom. The summed E-state index contributed by atoms with van der Waals surface area (Å²) in [5.74, 6) is -0.766. The second kappa shape index (κ2) is 8.62. The molecule has 27 heavy (non-hydrogen) atoms. The Balaban J connectivity index is 1.70. The fourth-order valence-corrected chi connectivity index (χ4v) is 2.92. The van der Waals surface area contributed by atoms with Crippen LogP contribution >= 0.6 is 0 Å². The Morgan fingerprint density at radius 1 is 1.04 bits per heavy atom. The van der Waals surface area contributed by atoms with Crippen LogP contribution in [0.3, 0.4) is 0 Å². The first-order chi connectivity index (χ1) is 13.1. The van der Waals surface area contributed by atoms with Gasteiger partial charge in [-0.3, -0.25) is 19.8 Å². The van der Waals surface area contributed by atoms with Gasteiger partial charge in [-0.1, -0.05) is 30.3 Å². The summed E-state index contributed by atoms with van der Waals surface area (Å²) in [5, 5.41) is 5.51. The highest BCUT2D eigenvalue weighted by molar-refractivity contribution is 6.31. The van der Waals surface area contributed by atoms with E-state index in [0.29, 0.717) is 23.3 Å². The molecule has 2 aromatic rings. The Morgan fingerprint density at radius 3 is 2.44 bits per heavy atom. The Labute approximate surface area is 158 Å². The zero-order chi connectivity index (χ0) is 19.2. The molecule has 2 N–H and O–H groups in total. The van der Waals surface area contributed by atoms with Crippen LogP contribution in [-0.2, 0) is 16.1 Å². The average molecular weight is 365 g/mol. The van der Waals surface area contributed by atoms with Crippen LogP contribution in [0.15, 0.2) is 54.7 Å². The molecule has 1 aliphatic rings. The van der Waals surface area contributed by atoms with Gasteiger partial charge in [-0.05, 0) is 30.8 Å². The van der Waals surface area contributed by atoms with Gasteiger partial charge in [0.05, 0.1) is 12.2 Å². The van der Waals surface area contributed by atoms with Crippen LogP contribution in [0.5, 0.6) is 0 Å². The zero-order valence-corrected chi connectivity index (χ0v) is 15.5. The number of hydrogen-bond donors (Lipinski definition) is 2. The number of nitrogens with one attached hydrogen (secondary N) is 2. The van der Waals surface area contributed by atoms with Crippen LogP contribution in [-0.4, -0.2) is 44.0 Å². The van der Waals surface area contributed by atoms with Crippen molar-refractivity contribution in [3.8, 4) is 0 Å². The minimum absolute atomic E-state index is 0.366. The molecule has 0 fully saturated rings. The molecule has 6 heteroatoms. The Bertz CT molecular complexity index is 859. The normalized spacial score (nSPS) is 15.0. The zero-order valence-electron chi connectivity index (χ0n) is 15.5. The summed E-state index contributed by atoms with van der Waals surface area (Å²) in [6, 6.07) is 15.1. The molecule has 0 radical (unpaired) electrons. The van der Waals surface area contributed by atoms with E-state index < -0.39 is 5.91 Å². The molecule has 2 aromatic carbocycles. The molecule has 1 heterocycles. The van der Waals surface area contributed by atoms with Gasteiger partial charge >= 0.3 is 0 Å². The summed E-state index contributed by atoms with van der Waals surface area (Å²) in [7, 11) is 3.75. The molecule has 3 rings (SSSR count). The lowest BCUT2D eigenvalue weighted by Crippen LogP contribution is -2.36. The topological polar surface area (TPSA) is 70.7 Å². The summed E-state index contributed by atoms with van der Waals surface area (Å²) < 4.78 is 5.09. The highest BCUT2D eigenvalue weighted by atomic mass is 16.5. The maximum absolute atomic E-state index is 12.2. The van der Waals surface area contributed by atoms with Crippen molar-refractivity contribution in [3.63, 3.8) is 0 Å². The van der Waals surface area contributed by atoms with Gasteiger partial charge in [-0.15, -0.1) is 0 Å². The highest BCUT2D eigenvalue weighted by Crippen LogP contribution is 2.24. The van der Waals surface area contributed by atoms with E-state index in [0.717, 1.165) is 18.8 Å². The molecule has 0 aliphatic carbocycles. The molecule has 0 saturated carbocycles. The van der Waals surface area contributed by atoms with Crippen LogP contribution in [0.1, 0.15) is 21.5 Å². The molecule has 0 bridgehead atoms. The number of methoxy groups -OCH3 is 1. The third kappa shape index (κ3) is 4.61. The molecule has 1 aliphatic heterocycles. The predicted molar refractivity (Wildman–Crippen MR) is 105 cm³/mol. The highest BCUT2D eigenvalue weighted by Gasteiger charge is 2.26. The number of carbonyl (C=O) groups excluding carboxylic acids is 2. The second-order valence-electron chi connectivity index (χ2n) is 6.46. The number of anilines is 1. The van der Waals surface area contributed by atoms with Crippen molar-refractivity contribution in [1.82, 2.24) is 10.2 Å². The Hall–Kier alpha value is -2.96. The number of amides is 2. The van der Waals surface area contributed by atoms with Crippen molar-refractivity contribution in [2.24, 2.45) is 0 Å². The summed E-state index contributed by atoms with van der Waals surface area (Å²) in [6.07, 6.45) is 1.64. The van der Waals surface area contributed by atoms with E-state index in [2.05, 4.69) is 22.6 Å². The van der Waals surface area contributed by atoms with Crippen LogP contribution in [0, 0.1) is 0 Å². The van der Waals surface area contributed by atoms with Crippen molar-refractivity contribution < 1.29 is 14.3 Å². The van der Waals surface area contributed by atoms with E-state index in [1.54, 1.807) is 31.5 Å². The summed E-state index contributed by atoms with van der Waals surface area (Å²) in [6.45, 7) is 2.41. The van der Waals surface area contributed by atoms with Crippen molar-refractivity contribution in [2.75, 3.05) is 32.6 Å². The fourth-order valence-electron chi connectivity index (χ4n) is 2.92. The minimum Gasteiger partial charge on any atom is -0.383 e. The molecule has 0 aromatic heterocycles. The van der Waals surface area contributed by atoms with E-state index in [9.17, 15) is 9.59 Å². The fraction of sp³-hybridized carbons (Fsp3) is 0.238. The van der Waals surface area contributed by atoms with E-state index in [1.807, 2.05) is 30.3 Å². The first kappa shape index (κ1) is 18.8. The summed E-state index contributed by atoms with van der Waals surface area (Å²) in [4.78, 5) is 26.3. The van der Waals surface area contributed by atoms with Crippen molar-refractivity contribution in [3.05, 3.63) is 71.4 Å². The minimum atomic E-state index is -0.400. The second-order valence-corrected chi connectivity index (χ2v) is 6.46. The van der Waals surface area contributed by atoms with E-state index in [4.69, 9.17) is 4.74 Å². The maximum atomic E-state index is 12.2. The molecule has 140 valence electrons. The molecule has 0 saturated heterocycles. The van der Waals surface area contributed by atoms with E-state index in [1.165, 1.54) is 5.56 Å². The van der Waals surface area contributed by atoms with Gasteiger partial charge in [-0.2, -0.15) is 0 Å². The van der Waals surface area contributed by atoms with Crippen molar-refractivity contribution in [2.45, 2.75) is 6.54 Å². The smallest absolute Gasteiger partial charge is 0.260 e. The first-order valence-corrected chi connectivity index (χ1v) is 8.76. The predicted octanol–water partition coefficient (Wildman–Crippen LogP) is 2.49. The number of nitrogens with zero attached hydrogens (tertiary/aromatic N) is 1. The first-order valence-electron chi connectivity index (χ1n) is 8.76.